The number of para-hydroxylation sites is 1. The molecule has 7 nitrogen and oxygen atoms in total. The van der Waals surface area contributed by atoms with Crippen LogP contribution in [0.1, 0.15) is 15.9 Å². The summed E-state index contributed by atoms with van der Waals surface area (Å²) in [5.74, 6) is 0.653. The first kappa shape index (κ1) is 20.7. The molecule has 1 heterocycles. The summed E-state index contributed by atoms with van der Waals surface area (Å²) in [6.07, 6.45) is 1.66. The molecule has 1 saturated heterocycles. The minimum absolute atomic E-state index is 0.219. The Bertz CT molecular complexity index is 1010. The SMILES string of the molecule is COc1ccc(/C=C2/SC(=S)N(NC(=O)c3ccccc3OC)C2=O)c(OC)c1. The third-order valence-electron chi connectivity index (χ3n) is 4.09. The number of thiocarbonyl (C=S) groups is 1. The van der Waals surface area contributed by atoms with Crippen LogP contribution in [0.5, 0.6) is 17.2 Å². The number of hydrogen-bond donors (Lipinski definition) is 1. The third-order valence-corrected chi connectivity index (χ3v) is 5.39. The molecule has 1 aliphatic heterocycles. The van der Waals surface area contributed by atoms with Crippen molar-refractivity contribution in [1.82, 2.24) is 10.4 Å². The van der Waals surface area contributed by atoms with Crippen LogP contribution < -0.4 is 19.6 Å². The molecule has 2 amide bonds. The summed E-state index contributed by atoms with van der Waals surface area (Å²) in [5.41, 5.74) is 3.52. The van der Waals surface area contributed by atoms with Crippen LogP contribution in [0.2, 0.25) is 0 Å². The molecule has 150 valence electrons. The molecule has 0 radical (unpaired) electrons. The van der Waals surface area contributed by atoms with Crippen molar-refractivity contribution in [2.24, 2.45) is 0 Å². The van der Waals surface area contributed by atoms with Crippen molar-refractivity contribution in [3.05, 3.63) is 58.5 Å². The van der Waals surface area contributed by atoms with Gasteiger partial charge >= 0.3 is 0 Å². The number of ether oxygens (including phenoxy) is 3. The lowest BCUT2D eigenvalue weighted by Gasteiger charge is -2.16. The smallest absolute Gasteiger partial charge is 0.285 e. The van der Waals surface area contributed by atoms with Crippen molar-refractivity contribution in [2.45, 2.75) is 0 Å². The molecular weight excluding hydrogens is 412 g/mol. The second kappa shape index (κ2) is 8.97. The fourth-order valence-corrected chi connectivity index (χ4v) is 3.81. The molecule has 1 fully saturated rings. The van der Waals surface area contributed by atoms with Crippen LogP contribution in [0.3, 0.4) is 0 Å². The summed E-state index contributed by atoms with van der Waals surface area (Å²) in [4.78, 5) is 25.8. The monoisotopic (exact) mass is 430 g/mol. The molecule has 0 bridgehead atoms. The van der Waals surface area contributed by atoms with E-state index in [4.69, 9.17) is 26.4 Å². The van der Waals surface area contributed by atoms with E-state index in [0.29, 0.717) is 33.3 Å². The fourth-order valence-electron chi connectivity index (χ4n) is 2.64. The summed E-state index contributed by atoms with van der Waals surface area (Å²) in [7, 11) is 4.56. The Hall–Kier alpha value is -3.04. The van der Waals surface area contributed by atoms with E-state index in [9.17, 15) is 9.59 Å². The van der Waals surface area contributed by atoms with Crippen molar-refractivity contribution in [3.8, 4) is 17.2 Å². The number of hydrazine groups is 1. The van der Waals surface area contributed by atoms with E-state index in [1.54, 1.807) is 55.7 Å². The number of thioether (sulfide) groups is 1. The van der Waals surface area contributed by atoms with Crippen LogP contribution in [-0.4, -0.2) is 42.5 Å². The minimum atomic E-state index is -0.498. The summed E-state index contributed by atoms with van der Waals surface area (Å²) in [6.45, 7) is 0. The molecule has 0 atom stereocenters. The minimum Gasteiger partial charge on any atom is -0.497 e. The Morgan fingerprint density at radius 3 is 2.48 bits per heavy atom. The number of carbonyl (C=O) groups excluding carboxylic acids is 2. The van der Waals surface area contributed by atoms with Gasteiger partial charge in [-0.2, -0.15) is 5.01 Å². The topological polar surface area (TPSA) is 77.1 Å². The maximum Gasteiger partial charge on any atom is 0.285 e. The molecule has 3 rings (SSSR count). The average molecular weight is 431 g/mol. The van der Waals surface area contributed by atoms with Crippen molar-refractivity contribution < 1.29 is 23.8 Å². The molecule has 0 aromatic heterocycles. The van der Waals surface area contributed by atoms with E-state index in [1.165, 1.54) is 14.2 Å². The number of amides is 2. The molecule has 1 aliphatic rings. The number of rotatable bonds is 6. The van der Waals surface area contributed by atoms with E-state index in [-0.39, 0.29) is 4.32 Å². The van der Waals surface area contributed by atoms with E-state index < -0.39 is 11.8 Å². The van der Waals surface area contributed by atoms with Gasteiger partial charge in [-0.05, 0) is 42.6 Å². The predicted molar refractivity (Wildman–Crippen MR) is 115 cm³/mol. The van der Waals surface area contributed by atoms with Gasteiger partial charge in [0.25, 0.3) is 11.8 Å². The predicted octanol–water partition coefficient (Wildman–Crippen LogP) is 3.26. The van der Waals surface area contributed by atoms with Gasteiger partial charge in [0.15, 0.2) is 4.32 Å². The standard InChI is InChI=1S/C20H18N2O5S2/c1-25-13-9-8-12(16(11-13)27-3)10-17-19(24)22(20(28)29-17)21-18(23)14-6-4-5-7-15(14)26-2/h4-11H,1-3H3,(H,21,23)/b17-10+. The number of hydrogen-bond acceptors (Lipinski definition) is 7. The van der Waals surface area contributed by atoms with E-state index in [2.05, 4.69) is 5.43 Å². The second-order valence-electron chi connectivity index (χ2n) is 5.77. The Labute approximate surface area is 177 Å². The molecule has 1 N–H and O–H groups in total. The number of methoxy groups -OCH3 is 3. The second-order valence-corrected chi connectivity index (χ2v) is 7.44. The lowest BCUT2D eigenvalue weighted by molar-refractivity contribution is -0.123. The Kier molecular flexibility index (Phi) is 6.40. The highest BCUT2D eigenvalue weighted by atomic mass is 32.2. The molecule has 0 saturated carbocycles. The van der Waals surface area contributed by atoms with E-state index in [0.717, 1.165) is 16.8 Å². The third kappa shape index (κ3) is 4.36. The Morgan fingerprint density at radius 2 is 1.79 bits per heavy atom. The van der Waals surface area contributed by atoms with Crippen LogP contribution in [-0.2, 0) is 4.79 Å². The van der Waals surface area contributed by atoms with Crippen LogP contribution in [0, 0.1) is 0 Å². The zero-order valence-corrected chi connectivity index (χ0v) is 17.6. The molecular formula is C20H18N2O5S2. The molecule has 29 heavy (non-hydrogen) atoms. The fraction of sp³-hybridized carbons (Fsp3) is 0.150. The molecule has 9 heteroatoms. The van der Waals surface area contributed by atoms with Gasteiger partial charge in [-0.1, -0.05) is 23.9 Å². The molecule has 2 aromatic rings. The quantitative estimate of drug-likeness (QED) is 0.557. The highest BCUT2D eigenvalue weighted by molar-refractivity contribution is 8.26. The molecule has 0 spiro atoms. The number of nitrogens with one attached hydrogen (secondary N) is 1. The molecule has 0 aliphatic carbocycles. The first-order valence-corrected chi connectivity index (χ1v) is 9.65. The maximum atomic E-state index is 12.8. The van der Waals surface area contributed by atoms with Gasteiger partial charge in [-0.15, -0.1) is 0 Å². The van der Waals surface area contributed by atoms with Gasteiger partial charge in [0.05, 0.1) is 31.8 Å². The number of nitrogens with zero attached hydrogens (tertiary/aromatic N) is 1. The Morgan fingerprint density at radius 1 is 1.07 bits per heavy atom. The van der Waals surface area contributed by atoms with E-state index >= 15 is 0 Å². The summed E-state index contributed by atoms with van der Waals surface area (Å²) < 4.78 is 16.0. The van der Waals surface area contributed by atoms with Crippen molar-refractivity contribution in [1.29, 1.82) is 0 Å². The van der Waals surface area contributed by atoms with Gasteiger partial charge in [-0.25, -0.2) is 0 Å². The van der Waals surface area contributed by atoms with Gasteiger partial charge in [0, 0.05) is 11.6 Å². The zero-order chi connectivity index (χ0) is 21.0. The van der Waals surface area contributed by atoms with Gasteiger partial charge in [0.1, 0.15) is 17.2 Å². The van der Waals surface area contributed by atoms with Crippen LogP contribution in [0.15, 0.2) is 47.4 Å². The highest BCUT2D eigenvalue weighted by Crippen LogP contribution is 2.34. The normalized spacial score (nSPS) is 14.9. The largest absolute Gasteiger partial charge is 0.497 e. The number of benzene rings is 2. The van der Waals surface area contributed by atoms with Crippen LogP contribution in [0.4, 0.5) is 0 Å². The number of carbonyl (C=O) groups is 2. The summed E-state index contributed by atoms with van der Waals surface area (Å²) >= 11 is 6.36. The molecule has 2 aromatic carbocycles. The lowest BCUT2D eigenvalue weighted by Crippen LogP contribution is -2.44. The van der Waals surface area contributed by atoms with Crippen molar-refractivity contribution in [2.75, 3.05) is 21.3 Å². The maximum absolute atomic E-state index is 12.8. The first-order valence-electron chi connectivity index (χ1n) is 8.42. The van der Waals surface area contributed by atoms with Crippen molar-refractivity contribution in [3.63, 3.8) is 0 Å². The van der Waals surface area contributed by atoms with Gasteiger partial charge < -0.3 is 14.2 Å². The van der Waals surface area contributed by atoms with Crippen LogP contribution >= 0.6 is 24.0 Å². The zero-order valence-electron chi connectivity index (χ0n) is 15.9. The van der Waals surface area contributed by atoms with E-state index in [1.807, 2.05) is 0 Å². The van der Waals surface area contributed by atoms with Crippen molar-refractivity contribution >= 4 is 46.2 Å². The summed E-state index contributed by atoms with van der Waals surface area (Å²) in [5, 5.41) is 1.05. The van der Waals surface area contributed by atoms with Gasteiger partial charge in [-0.3, -0.25) is 15.0 Å². The highest BCUT2D eigenvalue weighted by Gasteiger charge is 2.34. The average Bonchev–Trinajstić information content (AvgIpc) is 3.01. The Balaban J connectivity index is 1.83. The first-order chi connectivity index (χ1) is 14.0. The van der Waals surface area contributed by atoms with Crippen LogP contribution in [0.25, 0.3) is 6.08 Å². The summed E-state index contributed by atoms with van der Waals surface area (Å²) in [6, 6.07) is 12.0. The van der Waals surface area contributed by atoms with Gasteiger partial charge in [0.2, 0.25) is 0 Å². The lowest BCUT2D eigenvalue weighted by atomic mass is 10.1. The molecule has 0 unspecified atom stereocenters.